The van der Waals surface area contributed by atoms with Crippen molar-refractivity contribution in [2.24, 2.45) is 0 Å². The smallest absolute Gasteiger partial charge is 0.399 e. The number of likely N-dealkylation sites (tertiary alicyclic amines) is 1. The summed E-state index contributed by atoms with van der Waals surface area (Å²) >= 11 is 0. The quantitative estimate of drug-likeness (QED) is 0.774. The first-order valence-corrected chi connectivity index (χ1v) is 9.88. The lowest BCUT2D eigenvalue weighted by Crippen LogP contribution is -2.41. The van der Waals surface area contributed by atoms with Gasteiger partial charge in [-0.2, -0.15) is 0 Å². The molecule has 4 rings (SSSR count). The van der Waals surface area contributed by atoms with Crippen molar-refractivity contribution in [2.75, 3.05) is 19.6 Å². The Morgan fingerprint density at radius 1 is 1.04 bits per heavy atom. The number of nitrogens with zero attached hydrogens (tertiary/aromatic N) is 3. The molecule has 0 unspecified atom stereocenters. The molecule has 6 heteroatoms. The van der Waals surface area contributed by atoms with Crippen LogP contribution in [0.1, 0.15) is 47.0 Å². The van der Waals surface area contributed by atoms with Gasteiger partial charge in [-0.15, -0.1) is 0 Å². The Labute approximate surface area is 156 Å². The van der Waals surface area contributed by atoms with E-state index in [2.05, 4.69) is 60.3 Å². The average Bonchev–Trinajstić information content (AvgIpc) is 3.27. The van der Waals surface area contributed by atoms with Crippen LogP contribution in [0.3, 0.4) is 0 Å². The van der Waals surface area contributed by atoms with Gasteiger partial charge in [-0.1, -0.05) is 6.07 Å². The highest BCUT2D eigenvalue weighted by atomic mass is 16.7. The third-order valence-corrected chi connectivity index (χ3v) is 6.24. The summed E-state index contributed by atoms with van der Waals surface area (Å²) in [5, 5.41) is 0. The van der Waals surface area contributed by atoms with Crippen LogP contribution in [0.15, 0.2) is 24.5 Å². The monoisotopic (exact) mass is 355 g/mol. The maximum Gasteiger partial charge on any atom is 0.494 e. The summed E-state index contributed by atoms with van der Waals surface area (Å²) < 4.78 is 14.6. The van der Waals surface area contributed by atoms with Crippen LogP contribution in [0.2, 0.25) is 0 Å². The zero-order chi connectivity index (χ0) is 18.4. The lowest BCUT2D eigenvalue weighted by Gasteiger charge is -2.32. The van der Waals surface area contributed by atoms with E-state index in [1.807, 2.05) is 6.33 Å². The lowest BCUT2D eigenvalue weighted by atomic mass is 9.79. The maximum atomic E-state index is 6.17. The fourth-order valence-corrected chi connectivity index (χ4v) is 3.86. The van der Waals surface area contributed by atoms with E-state index in [4.69, 9.17) is 9.31 Å². The van der Waals surface area contributed by atoms with E-state index < -0.39 is 0 Å². The number of fused-ring (bicyclic) bond motifs is 1. The van der Waals surface area contributed by atoms with Gasteiger partial charge in [0.25, 0.3) is 0 Å². The summed E-state index contributed by atoms with van der Waals surface area (Å²) in [5.74, 6) is 0. The minimum absolute atomic E-state index is 0.318. The zero-order valence-corrected chi connectivity index (χ0v) is 16.5. The first kappa shape index (κ1) is 18.0. The Morgan fingerprint density at radius 3 is 2.42 bits per heavy atom. The Balaban J connectivity index is 1.45. The summed E-state index contributed by atoms with van der Waals surface area (Å²) in [6.07, 6.45) is 5.85. The van der Waals surface area contributed by atoms with Crippen molar-refractivity contribution in [1.82, 2.24) is 14.5 Å². The molecule has 2 aromatic rings. The van der Waals surface area contributed by atoms with Crippen LogP contribution in [0.5, 0.6) is 0 Å². The minimum Gasteiger partial charge on any atom is -0.399 e. The van der Waals surface area contributed by atoms with Gasteiger partial charge in [0.1, 0.15) is 0 Å². The molecule has 26 heavy (non-hydrogen) atoms. The van der Waals surface area contributed by atoms with Gasteiger partial charge in [-0.25, -0.2) is 4.98 Å². The average molecular weight is 355 g/mol. The molecule has 0 radical (unpaired) electrons. The molecule has 2 fully saturated rings. The van der Waals surface area contributed by atoms with Gasteiger partial charge in [0.15, 0.2) is 0 Å². The van der Waals surface area contributed by atoms with E-state index in [1.54, 1.807) is 0 Å². The van der Waals surface area contributed by atoms with Crippen molar-refractivity contribution >= 4 is 23.6 Å². The van der Waals surface area contributed by atoms with Gasteiger partial charge in [0.2, 0.25) is 0 Å². The molecule has 0 amide bonds. The molecule has 2 saturated heterocycles. The standard InChI is InChI=1S/C20H30BN3O2/c1-19(2)20(3,4)26-21(25-19)16-8-9-18-17(14-16)22-15-24(18)13-7-12-23-10-5-6-11-23/h8-9,14-15H,5-7,10-13H2,1-4H3. The van der Waals surface area contributed by atoms with Crippen LogP contribution in [0.4, 0.5) is 0 Å². The van der Waals surface area contributed by atoms with Gasteiger partial charge in [0.05, 0.1) is 28.6 Å². The number of rotatable bonds is 5. The summed E-state index contributed by atoms with van der Waals surface area (Å²) in [6, 6.07) is 6.37. The molecule has 140 valence electrons. The van der Waals surface area contributed by atoms with Crippen molar-refractivity contribution in [3.63, 3.8) is 0 Å². The SMILES string of the molecule is CC1(C)OB(c2ccc3c(c2)ncn3CCCN2CCCC2)OC1(C)C. The molecule has 1 aromatic heterocycles. The lowest BCUT2D eigenvalue weighted by molar-refractivity contribution is 0.00578. The van der Waals surface area contributed by atoms with Crippen molar-refractivity contribution in [1.29, 1.82) is 0 Å². The third-order valence-electron chi connectivity index (χ3n) is 6.24. The second-order valence-electron chi connectivity index (χ2n) is 8.68. The zero-order valence-electron chi connectivity index (χ0n) is 16.5. The fourth-order valence-electron chi connectivity index (χ4n) is 3.86. The summed E-state index contributed by atoms with van der Waals surface area (Å²) in [7, 11) is -0.329. The van der Waals surface area contributed by atoms with Crippen LogP contribution >= 0.6 is 0 Å². The van der Waals surface area contributed by atoms with Gasteiger partial charge >= 0.3 is 7.12 Å². The molecular weight excluding hydrogens is 325 g/mol. The molecule has 0 bridgehead atoms. The van der Waals surface area contributed by atoms with Crippen LogP contribution in [0, 0.1) is 0 Å². The van der Waals surface area contributed by atoms with Crippen molar-refractivity contribution in [2.45, 2.75) is 64.7 Å². The second kappa shape index (κ2) is 6.66. The molecule has 0 atom stereocenters. The fraction of sp³-hybridized carbons (Fsp3) is 0.650. The Hall–Kier alpha value is -1.37. The molecule has 3 heterocycles. The predicted octanol–water partition coefficient (Wildman–Crippen LogP) is 2.82. The van der Waals surface area contributed by atoms with Gasteiger partial charge in [-0.3, -0.25) is 0 Å². The highest BCUT2D eigenvalue weighted by Gasteiger charge is 2.51. The van der Waals surface area contributed by atoms with Crippen LogP contribution in [-0.2, 0) is 15.9 Å². The van der Waals surface area contributed by atoms with E-state index in [0.717, 1.165) is 17.5 Å². The molecule has 1 aromatic carbocycles. The van der Waals surface area contributed by atoms with Crippen molar-refractivity contribution in [3.05, 3.63) is 24.5 Å². The summed E-state index contributed by atoms with van der Waals surface area (Å²) in [5.41, 5.74) is 2.60. The molecular formula is C20H30BN3O2. The van der Waals surface area contributed by atoms with Crippen molar-refractivity contribution < 1.29 is 9.31 Å². The van der Waals surface area contributed by atoms with E-state index in [9.17, 15) is 0 Å². The Morgan fingerprint density at radius 2 is 1.73 bits per heavy atom. The van der Waals surface area contributed by atoms with Gasteiger partial charge < -0.3 is 18.8 Å². The minimum atomic E-state index is -0.329. The largest absolute Gasteiger partial charge is 0.494 e. The highest BCUT2D eigenvalue weighted by molar-refractivity contribution is 6.62. The van der Waals surface area contributed by atoms with Crippen LogP contribution < -0.4 is 5.46 Å². The summed E-state index contributed by atoms with van der Waals surface area (Å²) in [4.78, 5) is 7.18. The molecule has 0 aliphatic carbocycles. The number of hydrogen-bond donors (Lipinski definition) is 0. The van der Waals surface area contributed by atoms with Gasteiger partial charge in [-0.05, 0) is 84.2 Å². The molecule has 5 nitrogen and oxygen atoms in total. The molecule has 2 aliphatic rings. The van der Waals surface area contributed by atoms with Crippen molar-refractivity contribution in [3.8, 4) is 0 Å². The number of aryl methyl sites for hydroxylation is 1. The van der Waals surface area contributed by atoms with Crippen LogP contribution in [0.25, 0.3) is 11.0 Å². The molecule has 0 saturated carbocycles. The number of hydrogen-bond acceptors (Lipinski definition) is 4. The normalized spacial score (nSPS) is 22.5. The molecule has 2 aliphatic heterocycles. The van der Waals surface area contributed by atoms with Gasteiger partial charge in [0, 0.05) is 6.54 Å². The topological polar surface area (TPSA) is 39.5 Å². The highest BCUT2D eigenvalue weighted by Crippen LogP contribution is 2.36. The second-order valence-corrected chi connectivity index (χ2v) is 8.68. The predicted molar refractivity (Wildman–Crippen MR) is 106 cm³/mol. The molecule has 0 spiro atoms. The number of benzene rings is 1. The van der Waals surface area contributed by atoms with E-state index >= 15 is 0 Å². The number of aromatic nitrogens is 2. The first-order chi connectivity index (χ1) is 12.4. The van der Waals surface area contributed by atoms with Crippen LogP contribution in [-0.4, -0.2) is 52.4 Å². The third kappa shape index (κ3) is 3.30. The summed E-state index contributed by atoms with van der Waals surface area (Å²) in [6.45, 7) is 13.1. The van der Waals surface area contributed by atoms with E-state index in [0.29, 0.717) is 0 Å². The van der Waals surface area contributed by atoms with E-state index in [1.165, 1.54) is 44.4 Å². The number of imidazole rings is 1. The first-order valence-electron chi connectivity index (χ1n) is 9.88. The maximum absolute atomic E-state index is 6.17. The molecule has 0 N–H and O–H groups in total. The Kier molecular flexibility index (Phi) is 4.62. The van der Waals surface area contributed by atoms with E-state index in [-0.39, 0.29) is 18.3 Å². The Bertz CT molecular complexity index is 764.